The molecule has 1 aliphatic rings. The Labute approximate surface area is 193 Å². The summed E-state index contributed by atoms with van der Waals surface area (Å²) in [5.74, 6) is 1.14. The minimum Gasteiger partial charge on any atom is -0.493 e. The van der Waals surface area contributed by atoms with Gasteiger partial charge in [-0.3, -0.25) is 4.79 Å². The van der Waals surface area contributed by atoms with Crippen molar-refractivity contribution in [1.29, 1.82) is 0 Å². The zero-order chi connectivity index (χ0) is 23.1. The number of aromatic nitrogens is 1. The van der Waals surface area contributed by atoms with Crippen molar-refractivity contribution in [3.8, 4) is 11.5 Å². The van der Waals surface area contributed by atoms with Crippen LogP contribution in [0.5, 0.6) is 11.5 Å². The maximum absolute atomic E-state index is 13.2. The lowest BCUT2D eigenvalue weighted by Crippen LogP contribution is -2.35. The summed E-state index contributed by atoms with van der Waals surface area (Å²) in [6.45, 7) is 6.92. The molecule has 0 radical (unpaired) electrons. The first-order chi connectivity index (χ1) is 15.5. The Morgan fingerprint density at radius 2 is 1.88 bits per heavy atom. The number of benzene rings is 1. The molecule has 1 aliphatic heterocycles. The van der Waals surface area contributed by atoms with Gasteiger partial charge < -0.3 is 24.0 Å². The fourth-order valence-electron chi connectivity index (χ4n) is 3.57. The van der Waals surface area contributed by atoms with Gasteiger partial charge in [0.15, 0.2) is 11.5 Å². The number of ether oxygens (including phenoxy) is 3. The Morgan fingerprint density at radius 3 is 2.53 bits per heavy atom. The molecule has 0 spiro atoms. The van der Waals surface area contributed by atoms with Gasteiger partial charge in [-0.2, -0.15) is 0 Å². The van der Waals surface area contributed by atoms with E-state index in [0.717, 1.165) is 18.8 Å². The lowest BCUT2D eigenvalue weighted by molar-refractivity contribution is 0.0525. The van der Waals surface area contributed by atoms with Crippen LogP contribution in [-0.2, 0) is 4.74 Å². The van der Waals surface area contributed by atoms with Crippen molar-refractivity contribution in [2.75, 3.05) is 51.4 Å². The largest absolute Gasteiger partial charge is 0.493 e. The second kappa shape index (κ2) is 11.0. The Bertz CT molecular complexity index is 951. The molecule has 1 amide bonds. The summed E-state index contributed by atoms with van der Waals surface area (Å²) in [6.07, 6.45) is 2.31. The second-order valence-corrected chi connectivity index (χ2v) is 7.59. The van der Waals surface area contributed by atoms with E-state index in [1.807, 2.05) is 6.92 Å². The number of methoxy groups -OCH3 is 1. The molecule has 0 saturated carbocycles. The first-order valence-electron chi connectivity index (χ1n) is 10.7. The van der Waals surface area contributed by atoms with Gasteiger partial charge in [0.2, 0.25) is 0 Å². The van der Waals surface area contributed by atoms with Gasteiger partial charge in [0, 0.05) is 37.9 Å². The van der Waals surface area contributed by atoms with Gasteiger partial charge in [0.25, 0.3) is 5.91 Å². The second-order valence-electron chi connectivity index (χ2n) is 7.18. The Kier molecular flexibility index (Phi) is 8.16. The molecule has 2 aromatic rings. The number of rotatable bonds is 7. The maximum Gasteiger partial charge on any atom is 0.339 e. The third-order valence-corrected chi connectivity index (χ3v) is 5.41. The summed E-state index contributed by atoms with van der Waals surface area (Å²) in [6, 6.07) is 6.80. The first-order valence-corrected chi connectivity index (χ1v) is 11.0. The Balaban J connectivity index is 1.69. The van der Waals surface area contributed by atoms with E-state index in [4.69, 9.17) is 25.8 Å². The number of amides is 1. The number of anilines is 1. The lowest BCUT2D eigenvalue weighted by Gasteiger charge is -2.23. The molecule has 8 nitrogen and oxygen atoms in total. The highest BCUT2D eigenvalue weighted by molar-refractivity contribution is 6.32. The number of pyridine rings is 1. The molecule has 2 heterocycles. The summed E-state index contributed by atoms with van der Waals surface area (Å²) in [5, 5.41) is 0.344. The van der Waals surface area contributed by atoms with Crippen LogP contribution < -0.4 is 14.4 Å². The van der Waals surface area contributed by atoms with E-state index in [2.05, 4.69) is 9.88 Å². The smallest absolute Gasteiger partial charge is 0.339 e. The van der Waals surface area contributed by atoms with Crippen LogP contribution in [0.3, 0.4) is 0 Å². The first kappa shape index (κ1) is 23.7. The maximum atomic E-state index is 13.2. The normalized spacial score (nSPS) is 14.0. The van der Waals surface area contributed by atoms with E-state index in [-0.39, 0.29) is 11.9 Å². The van der Waals surface area contributed by atoms with Crippen LogP contribution in [0.25, 0.3) is 0 Å². The van der Waals surface area contributed by atoms with Crippen LogP contribution in [0.4, 0.5) is 5.82 Å². The van der Waals surface area contributed by atoms with Gasteiger partial charge in [-0.15, -0.1) is 0 Å². The van der Waals surface area contributed by atoms with Crippen molar-refractivity contribution in [3.63, 3.8) is 0 Å². The molecule has 1 fully saturated rings. The van der Waals surface area contributed by atoms with Gasteiger partial charge in [-0.1, -0.05) is 11.6 Å². The van der Waals surface area contributed by atoms with E-state index in [9.17, 15) is 9.59 Å². The monoisotopic (exact) mass is 461 g/mol. The van der Waals surface area contributed by atoms with Crippen LogP contribution in [0.2, 0.25) is 5.02 Å². The zero-order valence-corrected chi connectivity index (χ0v) is 19.4. The lowest BCUT2D eigenvalue weighted by atomic mass is 10.1. The predicted molar refractivity (Wildman–Crippen MR) is 122 cm³/mol. The molecule has 172 valence electrons. The minimum atomic E-state index is -0.386. The number of hydrogen-bond donors (Lipinski definition) is 0. The highest BCUT2D eigenvalue weighted by Gasteiger charge is 2.23. The number of hydrogen-bond acceptors (Lipinski definition) is 7. The van der Waals surface area contributed by atoms with Crippen molar-refractivity contribution in [2.24, 2.45) is 0 Å². The van der Waals surface area contributed by atoms with E-state index in [0.29, 0.717) is 60.5 Å². The SMILES string of the molecule is CCOC(=O)c1ccc(N2CCCN(C(=O)c3cc(Cl)c(OCC)c(OC)c3)CC2)nc1. The topological polar surface area (TPSA) is 81.2 Å². The molecule has 3 rings (SSSR count). The number of carbonyl (C=O) groups is 2. The molecule has 9 heteroatoms. The van der Waals surface area contributed by atoms with E-state index < -0.39 is 0 Å². The highest BCUT2D eigenvalue weighted by Crippen LogP contribution is 2.36. The van der Waals surface area contributed by atoms with E-state index in [1.165, 1.54) is 13.3 Å². The van der Waals surface area contributed by atoms with Crippen LogP contribution >= 0.6 is 11.6 Å². The standard InChI is InChI=1S/C23H28ClN3O5/c1-4-31-21-18(24)13-17(14-19(21)30-3)22(28)27-10-6-9-26(11-12-27)20-8-7-16(15-25-20)23(29)32-5-2/h7-8,13-15H,4-6,9-12H2,1-3H3. The summed E-state index contributed by atoms with van der Waals surface area (Å²) < 4.78 is 15.9. The molecular formula is C23H28ClN3O5. The van der Waals surface area contributed by atoms with Crippen LogP contribution in [0.1, 0.15) is 41.0 Å². The molecular weight excluding hydrogens is 434 g/mol. The summed E-state index contributed by atoms with van der Waals surface area (Å²) in [7, 11) is 1.52. The number of nitrogens with zero attached hydrogens (tertiary/aromatic N) is 3. The number of esters is 1. The van der Waals surface area contributed by atoms with Crippen LogP contribution in [0, 0.1) is 0 Å². The van der Waals surface area contributed by atoms with Gasteiger partial charge in [0.1, 0.15) is 5.82 Å². The molecule has 1 saturated heterocycles. The quantitative estimate of drug-likeness (QED) is 0.582. The van der Waals surface area contributed by atoms with Gasteiger partial charge in [-0.05, 0) is 44.5 Å². The molecule has 0 aliphatic carbocycles. The van der Waals surface area contributed by atoms with Crippen molar-refractivity contribution in [3.05, 3.63) is 46.6 Å². The van der Waals surface area contributed by atoms with Crippen LogP contribution in [-0.4, -0.2) is 68.3 Å². The highest BCUT2D eigenvalue weighted by atomic mass is 35.5. The van der Waals surface area contributed by atoms with Crippen molar-refractivity contribution < 1.29 is 23.8 Å². The predicted octanol–water partition coefficient (Wildman–Crippen LogP) is 3.67. The third kappa shape index (κ3) is 5.43. The Hall–Kier alpha value is -3.00. The molecule has 1 aromatic carbocycles. The van der Waals surface area contributed by atoms with Gasteiger partial charge in [0.05, 0.1) is 30.9 Å². The number of carbonyl (C=O) groups excluding carboxylic acids is 2. The molecule has 32 heavy (non-hydrogen) atoms. The van der Waals surface area contributed by atoms with Gasteiger partial charge in [-0.25, -0.2) is 9.78 Å². The Morgan fingerprint density at radius 1 is 1.06 bits per heavy atom. The van der Waals surface area contributed by atoms with E-state index >= 15 is 0 Å². The van der Waals surface area contributed by atoms with E-state index in [1.54, 1.807) is 36.1 Å². The van der Waals surface area contributed by atoms with Crippen LogP contribution in [0.15, 0.2) is 30.5 Å². The fourth-order valence-corrected chi connectivity index (χ4v) is 3.83. The molecule has 0 unspecified atom stereocenters. The van der Waals surface area contributed by atoms with Crippen molar-refractivity contribution in [1.82, 2.24) is 9.88 Å². The summed E-state index contributed by atoms with van der Waals surface area (Å²) >= 11 is 6.34. The summed E-state index contributed by atoms with van der Waals surface area (Å²) in [5.41, 5.74) is 0.879. The minimum absolute atomic E-state index is 0.110. The van der Waals surface area contributed by atoms with Gasteiger partial charge >= 0.3 is 5.97 Å². The average molecular weight is 462 g/mol. The fraction of sp³-hybridized carbons (Fsp3) is 0.435. The zero-order valence-electron chi connectivity index (χ0n) is 18.6. The molecule has 0 atom stereocenters. The molecule has 0 bridgehead atoms. The third-order valence-electron chi connectivity index (χ3n) is 5.13. The average Bonchev–Trinajstić information content (AvgIpc) is 3.06. The van der Waals surface area contributed by atoms with Crippen molar-refractivity contribution >= 4 is 29.3 Å². The summed E-state index contributed by atoms with van der Waals surface area (Å²) in [4.78, 5) is 33.3. The number of halogens is 1. The molecule has 0 N–H and O–H groups in total. The molecule has 1 aromatic heterocycles. The van der Waals surface area contributed by atoms with Crippen molar-refractivity contribution in [2.45, 2.75) is 20.3 Å².